The zero-order chi connectivity index (χ0) is 20.8. The molecule has 0 bridgehead atoms. The van der Waals surface area contributed by atoms with Gasteiger partial charge in [-0.05, 0) is 36.3 Å². The highest BCUT2D eigenvalue weighted by Crippen LogP contribution is 2.35. The second-order valence-electron chi connectivity index (χ2n) is 7.18. The number of nitrogens with zero attached hydrogens (tertiary/aromatic N) is 3. The van der Waals surface area contributed by atoms with E-state index in [2.05, 4.69) is 14.7 Å². The molecule has 0 unspecified atom stereocenters. The Balaban J connectivity index is 1.92. The van der Waals surface area contributed by atoms with Crippen molar-refractivity contribution in [2.45, 2.75) is 12.8 Å². The zero-order valence-corrected chi connectivity index (χ0v) is 16.7. The summed E-state index contributed by atoms with van der Waals surface area (Å²) in [6.45, 7) is 0.494. The van der Waals surface area contributed by atoms with E-state index in [9.17, 15) is 17.6 Å². The standard InChI is InChI=1S/C19H19FN4O4S/c1-24-9-15(13-6-5-12(20)7-14(13)18(24)25)17-16(28-10-11-3-4-11)8-21-19(22-17)23-29(2,26)27/h5-9,11H,3-4,10H2,1-2H3,(H,21,22,23). The number of hydrogen-bond donors (Lipinski definition) is 1. The SMILES string of the molecule is Cn1cc(-c2nc(NS(C)(=O)=O)ncc2OCC2CC2)c2ccc(F)cc2c1=O. The summed E-state index contributed by atoms with van der Waals surface area (Å²) < 4.78 is 46.4. The van der Waals surface area contributed by atoms with E-state index >= 15 is 0 Å². The lowest BCUT2D eigenvalue weighted by Gasteiger charge is -2.14. The number of halogens is 1. The molecule has 0 radical (unpaired) electrons. The van der Waals surface area contributed by atoms with Gasteiger partial charge in [0.2, 0.25) is 16.0 Å². The molecular formula is C19H19FN4O4S. The molecule has 1 aliphatic rings. The summed E-state index contributed by atoms with van der Waals surface area (Å²) in [6, 6.07) is 3.92. The van der Waals surface area contributed by atoms with Gasteiger partial charge >= 0.3 is 0 Å². The highest BCUT2D eigenvalue weighted by Gasteiger charge is 2.24. The maximum absolute atomic E-state index is 13.8. The summed E-state index contributed by atoms with van der Waals surface area (Å²) in [4.78, 5) is 20.8. The number of aromatic nitrogens is 3. The van der Waals surface area contributed by atoms with Crippen molar-refractivity contribution >= 4 is 26.7 Å². The number of nitrogens with one attached hydrogen (secondary N) is 1. The molecule has 4 rings (SSSR count). The third-order valence-corrected chi connectivity index (χ3v) is 5.16. The monoisotopic (exact) mass is 418 g/mol. The molecule has 0 amide bonds. The Hall–Kier alpha value is -3.01. The van der Waals surface area contributed by atoms with Crippen LogP contribution in [0.15, 0.2) is 35.4 Å². The molecule has 0 aliphatic heterocycles. The minimum Gasteiger partial charge on any atom is -0.489 e. The second-order valence-corrected chi connectivity index (χ2v) is 8.93. The van der Waals surface area contributed by atoms with Gasteiger partial charge in [-0.2, -0.15) is 0 Å². The molecule has 1 saturated carbocycles. The van der Waals surface area contributed by atoms with Gasteiger partial charge in [0.25, 0.3) is 5.56 Å². The molecule has 8 nitrogen and oxygen atoms in total. The summed E-state index contributed by atoms with van der Waals surface area (Å²) in [5.74, 6) is 0.187. The summed E-state index contributed by atoms with van der Waals surface area (Å²) in [5.41, 5.74) is 0.470. The fraction of sp³-hybridized carbons (Fsp3) is 0.316. The van der Waals surface area contributed by atoms with E-state index in [0.29, 0.717) is 34.9 Å². The summed E-state index contributed by atoms with van der Waals surface area (Å²) in [6.07, 6.45) is 6.15. The van der Waals surface area contributed by atoms with Crippen LogP contribution in [0.25, 0.3) is 22.0 Å². The van der Waals surface area contributed by atoms with E-state index in [4.69, 9.17) is 4.74 Å². The van der Waals surface area contributed by atoms with Crippen LogP contribution >= 0.6 is 0 Å². The fourth-order valence-electron chi connectivity index (χ4n) is 3.01. The minimum atomic E-state index is -3.59. The van der Waals surface area contributed by atoms with Gasteiger partial charge in [-0.25, -0.2) is 22.8 Å². The summed E-state index contributed by atoms with van der Waals surface area (Å²) in [7, 11) is -2.03. The molecule has 1 aromatic carbocycles. The highest BCUT2D eigenvalue weighted by atomic mass is 32.2. The van der Waals surface area contributed by atoms with Gasteiger partial charge < -0.3 is 9.30 Å². The Labute approximate surface area is 166 Å². The van der Waals surface area contributed by atoms with Crippen LogP contribution in [-0.4, -0.2) is 35.8 Å². The van der Waals surface area contributed by atoms with Gasteiger partial charge in [-0.15, -0.1) is 0 Å². The number of anilines is 1. The molecule has 3 aromatic rings. The number of fused-ring (bicyclic) bond motifs is 1. The molecule has 2 heterocycles. The van der Waals surface area contributed by atoms with Crippen molar-refractivity contribution in [1.29, 1.82) is 0 Å². The first kappa shape index (κ1) is 19.3. The van der Waals surface area contributed by atoms with Gasteiger partial charge in [0.05, 0.1) is 24.4 Å². The van der Waals surface area contributed by atoms with E-state index < -0.39 is 15.8 Å². The Morgan fingerprint density at radius 2 is 2.07 bits per heavy atom. The fourth-order valence-corrected chi connectivity index (χ4v) is 3.44. The average molecular weight is 418 g/mol. The van der Waals surface area contributed by atoms with Crippen molar-refractivity contribution in [3.8, 4) is 17.0 Å². The van der Waals surface area contributed by atoms with Crippen LogP contribution in [0.1, 0.15) is 12.8 Å². The van der Waals surface area contributed by atoms with Crippen LogP contribution in [0.2, 0.25) is 0 Å². The quantitative estimate of drug-likeness (QED) is 0.659. The first-order valence-corrected chi connectivity index (χ1v) is 10.9. The van der Waals surface area contributed by atoms with Crippen molar-refractivity contribution in [3.05, 3.63) is 46.8 Å². The Kier molecular flexibility index (Phi) is 4.73. The topological polar surface area (TPSA) is 103 Å². The number of aryl methyl sites for hydroxylation is 1. The lowest BCUT2D eigenvalue weighted by molar-refractivity contribution is 0.299. The summed E-state index contributed by atoms with van der Waals surface area (Å²) >= 11 is 0. The molecule has 10 heteroatoms. The number of benzene rings is 1. The third-order valence-electron chi connectivity index (χ3n) is 4.60. The molecular weight excluding hydrogens is 399 g/mol. The molecule has 29 heavy (non-hydrogen) atoms. The lowest BCUT2D eigenvalue weighted by atomic mass is 10.0. The number of rotatable bonds is 6. The van der Waals surface area contributed by atoms with Crippen LogP contribution in [0.5, 0.6) is 5.75 Å². The predicted molar refractivity (Wildman–Crippen MR) is 107 cm³/mol. The Morgan fingerprint density at radius 1 is 1.31 bits per heavy atom. The van der Waals surface area contributed by atoms with Gasteiger partial charge in [0, 0.05) is 18.8 Å². The van der Waals surface area contributed by atoms with E-state index in [-0.39, 0.29) is 16.9 Å². The van der Waals surface area contributed by atoms with Crippen LogP contribution in [0.4, 0.5) is 10.3 Å². The molecule has 1 N–H and O–H groups in total. The minimum absolute atomic E-state index is 0.120. The third kappa shape index (κ3) is 4.21. The van der Waals surface area contributed by atoms with E-state index in [1.54, 1.807) is 13.2 Å². The maximum atomic E-state index is 13.8. The second kappa shape index (κ2) is 7.11. The van der Waals surface area contributed by atoms with E-state index in [1.165, 1.54) is 29.0 Å². The number of ether oxygens (including phenoxy) is 1. The molecule has 2 aromatic heterocycles. The van der Waals surface area contributed by atoms with Crippen LogP contribution < -0.4 is 15.0 Å². The van der Waals surface area contributed by atoms with Crippen LogP contribution in [0.3, 0.4) is 0 Å². The number of hydrogen-bond acceptors (Lipinski definition) is 6. The molecule has 0 saturated heterocycles. The van der Waals surface area contributed by atoms with Crippen molar-refractivity contribution in [1.82, 2.24) is 14.5 Å². The highest BCUT2D eigenvalue weighted by molar-refractivity contribution is 7.91. The van der Waals surface area contributed by atoms with Crippen LogP contribution in [0, 0.1) is 11.7 Å². The van der Waals surface area contributed by atoms with Crippen molar-refractivity contribution in [3.63, 3.8) is 0 Å². The largest absolute Gasteiger partial charge is 0.489 e. The molecule has 0 atom stereocenters. The molecule has 1 aliphatic carbocycles. The number of pyridine rings is 1. The normalized spacial score (nSPS) is 14.2. The predicted octanol–water partition coefficient (Wildman–Crippen LogP) is 2.29. The van der Waals surface area contributed by atoms with Crippen molar-refractivity contribution in [2.75, 3.05) is 17.6 Å². The molecule has 1 fully saturated rings. The smallest absolute Gasteiger partial charge is 0.258 e. The molecule has 152 valence electrons. The average Bonchev–Trinajstić information content (AvgIpc) is 3.47. The van der Waals surface area contributed by atoms with Crippen molar-refractivity contribution in [2.24, 2.45) is 13.0 Å². The van der Waals surface area contributed by atoms with E-state index in [1.807, 2.05) is 0 Å². The van der Waals surface area contributed by atoms with Gasteiger partial charge in [-0.1, -0.05) is 6.07 Å². The molecule has 0 spiro atoms. The number of sulfonamides is 1. The van der Waals surface area contributed by atoms with Gasteiger partial charge in [-0.3, -0.25) is 9.52 Å². The Bertz CT molecular complexity index is 1270. The Morgan fingerprint density at radius 3 is 2.76 bits per heavy atom. The first-order chi connectivity index (χ1) is 13.7. The van der Waals surface area contributed by atoms with Gasteiger partial charge in [0.1, 0.15) is 11.5 Å². The lowest BCUT2D eigenvalue weighted by Crippen LogP contribution is -2.17. The summed E-state index contributed by atoms with van der Waals surface area (Å²) in [5, 5.41) is 0.671. The van der Waals surface area contributed by atoms with E-state index in [0.717, 1.165) is 19.1 Å². The van der Waals surface area contributed by atoms with Gasteiger partial charge in [0.15, 0.2) is 5.75 Å². The zero-order valence-electron chi connectivity index (χ0n) is 15.8. The maximum Gasteiger partial charge on any atom is 0.258 e. The van der Waals surface area contributed by atoms with Crippen molar-refractivity contribution < 1.29 is 17.5 Å². The first-order valence-electron chi connectivity index (χ1n) is 8.98. The van der Waals surface area contributed by atoms with Crippen LogP contribution in [-0.2, 0) is 17.1 Å².